The molecule has 0 unspecified atom stereocenters. The monoisotopic (exact) mass is 358 g/mol. The van der Waals surface area contributed by atoms with Crippen LogP contribution in [0.4, 0.5) is 17.2 Å². The van der Waals surface area contributed by atoms with Crippen LogP contribution in [-0.4, -0.2) is 23.1 Å². The molecule has 6 heteroatoms. The topological polar surface area (TPSA) is 41.0 Å². The van der Waals surface area contributed by atoms with E-state index in [0.717, 1.165) is 41.2 Å². The number of anilines is 3. The number of aryl methyl sites for hydroxylation is 1. The highest BCUT2D eigenvalue weighted by molar-refractivity contribution is 7.18. The van der Waals surface area contributed by atoms with Gasteiger partial charge in [-0.2, -0.15) is 4.98 Å². The van der Waals surface area contributed by atoms with Gasteiger partial charge in [-0.1, -0.05) is 6.92 Å². The molecule has 0 saturated carbocycles. The molecule has 0 atom stereocenters. The minimum atomic E-state index is 0.281. The van der Waals surface area contributed by atoms with Gasteiger partial charge in [0.15, 0.2) is 0 Å². The molecular formula is C18H19ClN4S. The molecule has 0 radical (unpaired) electrons. The van der Waals surface area contributed by atoms with Gasteiger partial charge in [0.25, 0.3) is 0 Å². The number of nitrogens with zero attached hydrogens (tertiary/aromatic N) is 3. The number of aromatic nitrogens is 2. The third-order valence-corrected chi connectivity index (χ3v) is 5.71. The summed E-state index contributed by atoms with van der Waals surface area (Å²) in [5.74, 6) is 0.773. The molecule has 1 aromatic carbocycles. The SMILES string of the molecule is CCc1cc2c(Nc3ccc(N4CCCC4)cc3)nc(Cl)nc2s1. The normalized spacial score (nSPS) is 14.5. The summed E-state index contributed by atoms with van der Waals surface area (Å²) < 4.78 is 0. The molecule has 1 aliphatic heterocycles. The van der Waals surface area contributed by atoms with Crippen molar-refractivity contribution in [2.75, 3.05) is 23.3 Å². The van der Waals surface area contributed by atoms with E-state index in [2.05, 4.69) is 57.4 Å². The van der Waals surface area contributed by atoms with Gasteiger partial charge in [-0.15, -0.1) is 11.3 Å². The smallest absolute Gasteiger partial charge is 0.225 e. The third-order valence-electron chi connectivity index (χ3n) is 4.37. The number of thiophene rings is 1. The van der Waals surface area contributed by atoms with Gasteiger partial charge in [-0.3, -0.25) is 0 Å². The van der Waals surface area contributed by atoms with Crippen molar-refractivity contribution in [3.8, 4) is 0 Å². The first-order chi connectivity index (χ1) is 11.7. The zero-order chi connectivity index (χ0) is 16.5. The standard InChI is InChI=1S/C18H19ClN4S/c1-2-14-11-15-16(21-18(19)22-17(15)24-14)20-12-5-7-13(8-6-12)23-9-3-4-10-23/h5-8,11H,2-4,9-10H2,1H3,(H,20,21,22). The van der Waals surface area contributed by atoms with Crippen LogP contribution in [0.15, 0.2) is 30.3 Å². The average molecular weight is 359 g/mol. The van der Waals surface area contributed by atoms with E-state index in [0.29, 0.717) is 0 Å². The summed E-state index contributed by atoms with van der Waals surface area (Å²) in [6.07, 6.45) is 3.56. The lowest BCUT2D eigenvalue weighted by Gasteiger charge is -2.18. The summed E-state index contributed by atoms with van der Waals surface area (Å²) in [4.78, 5) is 13.4. The first-order valence-corrected chi connectivity index (χ1v) is 9.50. The number of nitrogens with one attached hydrogen (secondary N) is 1. The average Bonchev–Trinajstić information content (AvgIpc) is 3.24. The van der Waals surface area contributed by atoms with E-state index in [4.69, 9.17) is 11.6 Å². The van der Waals surface area contributed by atoms with E-state index in [-0.39, 0.29) is 5.28 Å². The molecular weight excluding hydrogens is 340 g/mol. The molecule has 0 amide bonds. The maximum Gasteiger partial charge on any atom is 0.225 e. The fourth-order valence-corrected chi connectivity index (χ4v) is 4.27. The minimum absolute atomic E-state index is 0.281. The van der Waals surface area contributed by atoms with Crippen molar-refractivity contribution in [1.82, 2.24) is 9.97 Å². The summed E-state index contributed by atoms with van der Waals surface area (Å²) in [7, 11) is 0. The lowest BCUT2D eigenvalue weighted by atomic mass is 10.2. The number of hydrogen-bond acceptors (Lipinski definition) is 5. The Morgan fingerprint density at radius 2 is 1.92 bits per heavy atom. The Morgan fingerprint density at radius 1 is 1.17 bits per heavy atom. The number of halogens is 1. The molecule has 0 spiro atoms. The first-order valence-electron chi connectivity index (χ1n) is 8.31. The molecule has 3 aromatic rings. The molecule has 1 N–H and O–H groups in total. The van der Waals surface area contributed by atoms with Gasteiger partial charge in [0.1, 0.15) is 10.6 Å². The summed E-state index contributed by atoms with van der Waals surface area (Å²) in [6.45, 7) is 4.46. The molecule has 3 heterocycles. The fraction of sp³-hybridized carbons (Fsp3) is 0.333. The Bertz CT molecular complexity index is 853. The number of hydrogen-bond donors (Lipinski definition) is 1. The number of benzene rings is 1. The van der Waals surface area contributed by atoms with Crippen LogP contribution in [0, 0.1) is 0 Å². The third kappa shape index (κ3) is 3.06. The zero-order valence-electron chi connectivity index (χ0n) is 13.6. The highest BCUT2D eigenvalue weighted by Gasteiger charge is 2.13. The van der Waals surface area contributed by atoms with Crippen molar-refractivity contribution < 1.29 is 0 Å². The lowest BCUT2D eigenvalue weighted by molar-refractivity contribution is 0.949. The summed E-state index contributed by atoms with van der Waals surface area (Å²) >= 11 is 7.76. The van der Waals surface area contributed by atoms with Crippen LogP contribution in [0.2, 0.25) is 5.28 Å². The highest BCUT2D eigenvalue weighted by atomic mass is 35.5. The van der Waals surface area contributed by atoms with E-state index in [1.165, 1.54) is 23.4 Å². The Labute approximate surface area is 150 Å². The molecule has 1 fully saturated rings. The van der Waals surface area contributed by atoms with Gasteiger partial charge in [0, 0.05) is 29.3 Å². The van der Waals surface area contributed by atoms with Crippen molar-refractivity contribution in [2.24, 2.45) is 0 Å². The van der Waals surface area contributed by atoms with Crippen LogP contribution in [0.3, 0.4) is 0 Å². The molecule has 124 valence electrons. The van der Waals surface area contributed by atoms with Crippen molar-refractivity contribution >= 4 is 50.3 Å². The predicted octanol–water partition coefficient (Wildman–Crippen LogP) is 5.25. The second-order valence-electron chi connectivity index (χ2n) is 5.99. The van der Waals surface area contributed by atoms with Gasteiger partial charge >= 0.3 is 0 Å². The van der Waals surface area contributed by atoms with Crippen LogP contribution in [0.1, 0.15) is 24.6 Å². The number of rotatable bonds is 4. The van der Waals surface area contributed by atoms with Gasteiger partial charge in [-0.25, -0.2) is 4.98 Å². The Hall–Kier alpha value is -1.85. The molecule has 4 nitrogen and oxygen atoms in total. The van der Waals surface area contributed by atoms with Crippen molar-refractivity contribution in [3.63, 3.8) is 0 Å². The second-order valence-corrected chi connectivity index (χ2v) is 7.45. The molecule has 0 aliphatic carbocycles. The van der Waals surface area contributed by atoms with Crippen LogP contribution in [0.25, 0.3) is 10.2 Å². The van der Waals surface area contributed by atoms with Crippen LogP contribution >= 0.6 is 22.9 Å². The molecule has 1 saturated heterocycles. The van der Waals surface area contributed by atoms with Crippen molar-refractivity contribution in [2.45, 2.75) is 26.2 Å². The van der Waals surface area contributed by atoms with Crippen molar-refractivity contribution in [1.29, 1.82) is 0 Å². The highest BCUT2D eigenvalue weighted by Crippen LogP contribution is 2.32. The Kier molecular flexibility index (Phi) is 4.29. The second kappa shape index (κ2) is 6.57. The summed E-state index contributed by atoms with van der Waals surface area (Å²) in [5.41, 5.74) is 2.30. The molecule has 24 heavy (non-hydrogen) atoms. The molecule has 0 bridgehead atoms. The largest absolute Gasteiger partial charge is 0.372 e. The zero-order valence-corrected chi connectivity index (χ0v) is 15.1. The van der Waals surface area contributed by atoms with Gasteiger partial charge in [0.2, 0.25) is 5.28 Å². The fourth-order valence-electron chi connectivity index (χ4n) is 3.08. The van der Waals surface area contributed by atoms with Crippen LogP contribution in [0.5, 0.6) is 0 Å². The van der Waals surface area contributed by atoms with E-state index < -0.39 is 0 Å². The van der Waals surface area contributed by atoms with E-state index >= 15 is 0 Å². The van der Waals surface area contributed by atoms with Crippen LogP contribution in [-0.2, 0) is 6.42 Å². The van der Waals surface area contributed by atoms with Crippen LogP contribution < -0.4 is 10.2 Å². The molecule has 2 aromatic heterocycles. The van der Waals surface area contributed by atoms with E-state index in [1.807, 2.05) is 0 Å². The molecule has 1 aliphatic rings. The quantitative estimate of drug-likeness (QED) is 0.646. The first kappa shape index (κ1) is 15.7. The van der Waals surface area contributed by atoms with Gasteiger partial charge < -0.3 is 10.2 Å². The predicted molar refractivity (Wildman–Crippen MR) is 103 cm³/mol. The summed E-state index contributed by atoms with van der Waals surface area (Å²) in [5, 5.41) is 4.71. The van der Waals surface area contributed by atoms with Gasteiger partial charge in [0.05, 0.1) is 5.39 Å². The van der Waals surface area contributed by atoms with E-state index in [1.54, 1.807) is 11.3 Å². The maximum atomic E-state index is 6.09. The van der Waals surface area contributed by atoms with E-state index in [9.17, 15) is 0 Å². The Morgan fingerprint density at radius 3 is 2.62 bits per heavy atom. The number of fused-ring (bicyclic) bond motifs is 1. The van der Waals surface area contributed by atoms with Gasteiger partial charge in [-0.05, 0) is 61.2 Å². The lowest BCUT2D eigenvalue weighted by Crippen LogP contribution is -2.17. The minimum Gasteiger partial charge on any atom is -0.372 e. The molecule has 4 rings (SSSR count). The maximum absolute atomic E-state index is 6.09. The Balaban J connectivity index is 1.62. The summed E-state index contributed by atoms with van der Waals surface area (Å²) in [6, 6.07) is 10.7. The van der Waals surface area contributed by atoms with Crippen molar-refractivity contribution in [3.05, 3.63) is 40.5 Å².